The molecule has 1 unspecified atom stereocenters. The topological polar surface area (TPSA) is 82.9 Å². The Labute approximate surface area is 191 Å². The molecule has 1 fully saturated rings. The SMILES string of the molecule is CC(C)C(Oc1ccccc1C#N)C(=O)N1CCN(C(=O)c2ccccc2OC(F)F)CC1. The Morgan fingerprint density at radius 2 is 1.48 bits per heavy atom. The minimum Gasteiger partial charge on any atom is -0.479 e. The van der Waals surface area contributed by atoms with Gasteiger partial charge in [0.2, 0.25) is 0 Å². The standard InChI is InChI=1S/C24H25F2N3O4/c1-16(2)21(32-19-9-5-3-7-17(19)15-27)23(31)29-13-11-28(12-14-29)22(30)18-8-4-6-10-20(18)33-24(25)26/h3-10,16,21,24H,11-14H2,1-2H3. The maximum atomic E-state index is 13.2. The van der Waals surface area contributed by atoms with Crippen molar-refractivity contribution in [3.8, 4) is 17.6 Å². The van der Waals surface area contributed by atoms with E-state index >= 15 is 0 Å². The predicted molar refractivity (Wildman–Crippen MR) is 116 cm³/mol. The van der Waals surface area contributed by atoms with E-state index in [2.05, 4.69) is 10.8 Å². The number of nitriles is 1. The van der Waals surface area contributed by atoms with Gasteiger partial charge in [-0.1, -0.05) is 38.1 Å². The van der Waals surface area contributed by atoms with Crippen molar-refractivity contribution in [1.82, 2.24) is 9.80 Å². The Hall–Kier alpha value is -3.67. The third kappa shape index (κ3) is 5.77. The zero-order valence-corrected chi connectivity index (χ0v) is 18.4. The van der Waals surface area contributed by atoms with Gasteiger partial charge in [0.05, 0.1) is 11.1 Å². The van der Waals surface area contributed by atoms with Crippen molar-refractivity contribution < 1.29 is 27.8 Å². The minimum absolute atomic E-state index is 0.0501. The number of benzene rings is 2. The summed E-state index contributed by atoms with van der Waals surface area (Å²) in [4.78, 5) is 29.2. The molecule has 7 nitrogen and oxygen atoms in total. The number of piperazine rings is 1. The van der Waals surface area contributed by atoms with Crippen molar-refractivity contribution in [3.05, 3.63) is 59.7 Å². The summed E-state index contributed by atoms with van der Waals surface area (Å²) in [5.41, 5.74) is 0.394. The van der Waals surface area contributed by atoms with Crippen molar-refractivity contribution in [2.75, 3.05) is 26.2 Å². The van der Waals surface area contributed by atoms with Crippen molar-refractivity contribution in [2.24, 2.45) is 5.92 Å². The summed E-state index contributed by atoms with van der Waals surface area (Å²) in [6.07, 6.45) is -0.790. The lowest BCUT2D eigenvalue weighted by Crippen LogP contribution is -2.54. The lowest BCUT2D eigenvalue weighted by molar-refractivity contribution is -0.142. The Balaban J connectivity index is 1.66. The molecule has 0 aliphatic carbocycles. The van der Waals surface area contributed by atoms with E-state index in [1.807, 2.05) is 13.8 Å². The fourth-order valence-electron chi connectivity index (χ4n) is 3.59. The van der Waals surface area contributed by atoms with Crippen LogP contribution in [0.4, 0.5) is 8.78 Å². The molecule has 2 amide bonds. The molecule has 1 aliphatic heterocycles. The Morgan fingerprint density at radius 1 is 0.909 bits per heavy atom. The first-order valence-electron chi connectivity index (χ1n) is 10.6. The van der Waals surface area contributed by atoms with Crippen LogP contribution in [0.15, 0.2) is 48.5 Å². The molecule has 2 aromatic rings. The maximum absolute atomic E-state index is 13.2. The fraction of sp³-hybridized carbons (Fsp3) is 0.375. The second kappa shape index (κ2) is 10.8. The van der Waals surface area contributed by atoms with E-state index in [9.17, 15) is 23.6 Å². The highest BCUT2D eigenvalue weighted by Crippen LogP contribution is 2.24. The van der Waals surface area contributed by atoms with Crippen LogP contribution in [-0.2, 0) is 4.79 Å². The second-order valence-electron chi connectivity index (χ2n) is 7.88. The van der Waals surface area contributed by atoms with Gasteiger partial charge in [-0.05, 0) is 30.2 Å². The number of hydrogen-bond donors (Lipinski definition) is 0. The van der Waals surface area contributed by atoms with E-state index in [4.69, 9.17) is 4.74 Å². The van der Waals surface area contributed by atoms with E-state index in [-0.39, 0.29) is 49.3 Å². The summed E-state index contributed by atoms with van der Waals surface area (Å²) in [7, 11) is 0. The first-order chi connectivity index (χ1) is 15.8. The summed E-state index contributed by atoms with van der Waals surface area (Å²) >= 11 is 0. The molecule has 0 radical (unpaired) electrons. The van der Waals surface area contributed by atoms with Gasteiger partial charge in [0.1, 0.15) is 17.6 Å². The van der Waals surface area contributed by atoms with Gasteiger partial charge in [-0.15, -0.1) is 0 Å². The maximum Gasteiger partial charge on any atom is 0.387 e. The van der Waals surface area contributed by atoms with Crippen LogP contribution in [0.2, 0.25) is 0 Å². The molecule has 0 spiro atoms. The number of hydrogen-bond acceptors (Lipinski definition) is 5. The van der Waals surface area contributed by atoms with E-state index in [1.54, 1.807) is 35.2 Å². The van der Waals surface area contributed by atoms with Gasteiger partial charge in [-0.2, -0.15) is 14.0 Å². The molecule has 0 aromatic heterocycles. The van der Waals surface area contributed by atoms with Crippen molar-refractivity contribution in [3.63, 3.8) is 0 Å². The van der Waals surface area contributed by atoms with Gasteiger partial charge in [-0.3, -0.25) is 9.59 Å². The van der Waals surface area contributed by atoms with Gasteiger partial charge in [0, 0.05) is 26.2 Å². The number of halogens is 2. The van der Waals surface area contributed by atoms with Crippen LogP contribution in [-0.4, -0.2) is 60.5 Å². The lowest BCUT2D eigenvalue weighted by Gasteiger charge is -2.37. The molecule has 1 heterocycles. The summed E-state index contributed by atoms with van der Waals surface area (Å²) < 4.78 is 35.7. The third-order valence-corrected chi connectivity index (χ3v) is 5.32. The number of nitrogens with zero attached hydrogens (tertiary/aromatic N) is 3. The van der Waals surface area contributed by atoms with Crippen LogP contribution in [0.3, 0.4) is 0 Å². The van der Waals surface area contributed by atoms with Crippen molar-refractivity contribution in [2.45, 2.75) is 26.6 Å². The Morgan fingerprint density at radius 3 is 2.09 bits per heavy atom. The number of ether oxygens (including phenoxy) is 2. The predicted octanol–water partition coefficient (Wildman–Crippen LogP) is 3.55. The molecule has 9 heteroatoms. The van der Waals surface area contributed by atoms with E-state index < -0.39 is 18.6 Å². The van der Waals surface area contributed by atoms with Gasteiger partial charge >= 0.3 is 6.61 Å². The molecule has 1 atom stereocenters. The number of para-hydroxylation sites is 2. The largest absolute Gasteiger partial charge is 0.479 e. The molecule has 1 aliphatic rings. The molecule has 2 aromatic carbocycles. The van der Waals surface area contributed by atoms with Gasteiger partial charge in [0.15, 0.2) is 6.10 Å². The normalized spacial score (nSPS) is 14.7. The number of rotatable bonds is 7. The fourth-order valence-corrected chi connectivity index (χ4v) is 3.59. The number of alkyl halides is 2. The van der Waals surface area contributed by atoms with Crippen LogP contribution < -0.4 is 9.47 Å². The Bertz CT molecular complexity index is 1030. The zero-order chi connectivity index (χ0) is 24.0. The van der Waals surface area contributed by atoms with E-state index in [0.29, 0.717) is 11.3 Å². The first-order valence-corrected chi connectivity index (χ1v) is 10.6. The summed E-state index contributed by atoms with van der Waals surface area (Å²) in [5.74, 6) is -0.650. The van der Waals surface area contributed by atoms with Crippen LogP contribution in [0.5, 0.6) is 11.5 Å². The van der Waals surface area contributed by atoms with Gasteiger partial charge in [-0.25, -0.2) is 0 Å². The molecule has 0 saturated carbocycles. The number of carbonyl (C=O) groups is 2. The van der Waals surface area contributed by atoms with Crippen molar-refractivity contribution in [1.29, 1.82) is 5.26 Å². The average molecular weight is 457 g/mol. The highest BCUT2D eigenvalue weighted by molar-refractivity contribution is 5.97. The van der Waals surface area contributed by atoms with E-state index in [1.165, 1.54) is 23.1 Å². The smallest absolute Gasteiger partial charge is 0.387 e. The van der Waals surface area contributed by atoms with Crippen LogP contribution in [0.25, 0.3) is 0 Å². The summed E-state index contributed by atoms with van der Waals surface area (Å²) in [6.45, 7) is 1.71. The van der Waals surface area contributed by atoms with Crippen molar-refractivity contribution >= 4 is 11.8 Å². The molecule has 0 N–H and O–H groups in total. The third-order valence-electron chi connectivity index (χ3n) is 5.32. The molecule has 0 bridgehead atoms. The molecular weight excluding hydrogens is 432 g/mol. The second-order valence-corrected chi connectivity index (χ2v) is 7.88. The quantitative estimate of drug-likeness (QED) is 0.635. The molecular formula is C24H25F2N3O4. The number of carbonyl (C=O) groups excluding carboxylic acids is 2. The van der Waals surface area contributed by atoms with Gasteiger partial charge in [0.25, 0.3) is 11.8 Å². The van der Waals surface area contributed by atoms with Crippen LogP contribution in [0.1, 0.15) is 29.8 Å². The average Bonchev–Trinajstić information content (AvgIpc) is 2.82. The molecule has 1 saturated heterocycles. The molecule has 174 valence electrons. The van der Waals surface area contributed by atoms with Crippen LogP contribution >= 0.6 is 0 Å². The summed E-state index contributed by atoms with van der Waals surface area (Å²) in [6, 6.07) is 14.6. The highest BCUT2D eigenvalue weighted by Gasteiger charge is 2.33. The Kier molecular flexibility index (Phi) is 7.83. The molecule has 3 rings (SSSR count). The minimum atomic E-state index is -3.03. The molecule has 33 heavy (non-hydrogen) atoms. The van der Waals surface area contributed by atoms with Crippen LogP contribution in [0, 0.1) is 17.2 Å². The monoisotopic (exact) mass is 457 g/mol. The highest BCUT2D eigenvalue weighted by atomic mass is 19.3. The van der Waals surface area contributed by atoms with E-state index in [0.717, 1.165) is 0 Å². The number of amides is 2. The summed E-state index contributed by atoms with van der Waals surface area (Å²) in [5, 5.41) is 9.29. The zero-order valence-electron chi connectivity index (χ0n) is 18.4. The van der Waals surface area contributed by atoms with Gasteiger partial charge < -0.3 is 19.3 Å². The lowest BCUT2D eigenvalue weighted by atomic mass is 10.0. The first kappa shape index (κ1) is 24.0.